The molecule has 0 spiro atoms. The number of nitrogens with zero attached hydrogens (tertiary/aromatic N) is 4. The Bertz CT molecular complexity index is 946. The number of aliphatic hydroxyl groups is 1. The molecule has 156 valence electrons. The number of rotatable bonds is 7. The van der Waals surface area contributed by atoms with Crippen LogP contribution in [0.3, 0.4) is 0 Å². The molecule has 1 saturated heterocycles. The Hall–Kier alpha value is -3.23. The van der Waals surface area contributed by atoms with E-state index in [1.165, 1.54) is 5.69 Å². The molecule has 0 saturated carbocycles. The maximum atomic E-state index is 9.37. The highest BCUT2D eigenvalue weighted by Crippen LogP contribution is 2.25. The van der Waals surface area contributed by atoms with Crippen molar-refractivity contribution < 1.29 is 9.84 Å². The van der Waals surface area contributed by atoms with Gasteiger partial charge in [-0.1, -0.05) is 0 Å². The first-order chi connectivity index (χ1) is 14.7. The van der Waals surface area contributed by atoms with Crippen LogP contribution >= 0.6 is 0 Å². The van der Waals surface area contributed by atoms with Crippen LogP contribution in [0.4, 0.5) is 23.1 Å². The Morgan fingerprint density at radius 1 is 1.07 bits per heavy atom. The summed E-state index contributed by atoms with van der Waals surface area (Å²) in [6, 6.07) is 13.9. The summed E-state index contributed by atoms with van der Waals surface area (Å²) < 4.78 is 5.42. The van der Waals surface area contributed by atoms with Crippen molar-refractivity contribution >= 4 is 23.1 Å². The Labute approximate surface area is 176 Å². The van der Waals surface area contributed by atoms with Gasteiger partial charge in [0.05, 0.1) is 25.5 Å². The summed E-state index contributed by atoms with van der Waals surface area (Å²) in [5.74, 6) is 1.13. The van der Waals surface area contributed by atoms with Gasteiger partial charge in [0, 0.05) is 54.5 Å². The van der Waals surface area contributed by atoms with Crippen molar-refractivity contribution in [2.45, 2.75) is 13.0 Å². The molecule has 3 N–H and O–H groups in total. The van der Waals surface area contributed by atoms with Crippen molar-refractivity contribution in [2.24, 2.45) is 0 Å². The molecule has 0 unspecified atom stereocenters. The van der Waals surface area contributed by atoms with Gasteiger partial charge in [-0.3, -0.25) is 4.98 Å². The number of aromatic nitrogens is 3. The third-order valence-electron chi connectivity index (χ3n) is 4.87. The van der Waals surface area contributed by atoms with Gasteiger partial charge in [0.15, 0.2) is 0 Å². The molecule has 2 aromatic heterocycles. The van der Waals surface area contributed by atoms with E-state index in [4.69, 9.17) is 4.74 Å². The highest BCUT2D eigenvalue weighted by atomic mass is 16.5. The third kappa shape index (κ3) is 5.03. The van der Waals surface area contributed by atoms with Crippen molar-refractivity contribution in [1.82, 2.24) is 15.0 Å². The van der Waals surface area contributed by atoms with E-state index in [2.05, 4.69) is 42.6 Å². The Morgan fingerprint density at radius 3 is 2.50 bits per heavy atom. The summed E-state index contributed by atoms with van der Waals surface area (Å²) in [5.41, 5.74) is 3.83. The van der Waals surface area contributed by atoms with Crippen molar-refractivity contribution in [1.29, 1.82) is 0 Å². The maximum absolute atomic E-state index is 9.37. The predicted molar refractivity (Wildman–Crippen MR) is 118 cm³/mol. The molecule has 1 aliphatic rings. The van der Waals surface area contributed by atoms with E-state index in [9.17, 15) is 5.11 Å². The van der Waals surface area contributed by atoms with Crippen LogP contribution in [0.5, 0.6) is 0 Å². The molecule has 1 fully saturated rings. The topological polar surface area (TPSA) is 95.4 Å². The Kier molecular flexibility index (Phi) is 6.36. The van der Waals surface area contributed by atoms with E-state index in [-0.39, 0.29) is 12.6 Å². The van der Waals surface area contributed by atoms with Gasteiger partial charge in [-0.25, -0.2) is 4.98 Å². The van der Waals surface area contributed by atoms with Crippen LogP contribution in [-0.2, 0) is 4.74 Å². The van der Waals surface area contributed by atoms with Gasteiger partial charge in [-0.05, 0) is 43.3 Å². The molecular weight excluding hydrogens is 380 g/mol. The van der Waals surface area contributed by atoms with Gasteiger partial charge >= 0.3 is 0 Å². The number of aliphatic hydroxyl groups excluding tert-OH is 1. The molecule has 0 bridgehead atoms. The maximum Gasteiger partial charge on any atom is 0.225 e. The van der Waals surface area contributed by atoms with E-state index in [0.29, 0.717) is 11.8 Å². The van der Waals surface area contributed by atoms with Gasteiger partial charge in [-0.15, -0.1) is 0 Å². The molecule has 0 amide bonds. The van der Waals surface area contributed by atoms with E-state index in [1.807, 2.05) is 37.3 Å². The SMILES string of the molecule is C[C@@H](CO)Nc1nc(Nc2ccc(N3CCOCC3)cc2)cc(-c2ccncc2)n1. The largest absolute Gasteiger partial charge is 0.394 e. The van der Waals surface area contributed by atoms with Crippen molar-refractivity contribution in [3.8, 4) is 11.3 Å². The monoisotopic (exact) mass is 406 g/mol. The zero-order chi connectivity index (χ0) is 20.8. The number of pyridine rings is 1. The first-order valence-corrected chi connectivity index (χ1v) is 10.1. The summed E-state index contributed by atoms with van der Waals surface area (Å²) in [4.78, 5) is 15.5. The van der Waals surface area contributed by atoms with Crippen LogP contribution < -0.4 is 15.5 Å². The molecule has 4 rings (SSSR count). The van der Waals surface area contributed by atoms with Gasteiger partial charge in [0.2, 0.25) is 5.95 Å². The predicted octanol–water partition coefficient (Wildman–Crippen LogP) is 2.91. The summed E-state index contributed by atoms with van der Waals surface area (Å²) in [5, 5.41) is 15.9. The van der Waals surface area contributed by atoms with Crippen LogP contribution in [0.1, 0.15) is 6.92 Å². The van der Waals surface area contributed by atoms with Crippen molar-refractivity contribution in [3.05, 3.63) is 54.9 Å². The number of ether oxygens (including phenoxy) is 1. The highest BCUT2D eigenvalue weighted by Gasteiger charge is 2.12. The zero-order valence-electron chi connectivity index (χ0n) is 17.0. The molecule has 0 radical (unpaired) electrons. The number of hydrogen-bond donors (Lipinski definition) is 3. The molecule has 1 aliphatic heterocycles. The van der Waals surface area contributed by atoms with Crippen molar-refractivity contribution in [3.63, 3.8) is 0 Å². The first-order valence-electron chi connectivity index (χ1n) is 10.1. The van der Waals surface area contributed by atoms with Crippen LogP contribution in [0.25, 0.3) is 11.3 Å². The second-order valence-electron chi connectivity index (χ2n) is 7.20. The molecule has 30 heavy (non-hydrogen) atoms. The fourth-order valence-corrected chi connectivity index (χ4v) is 3.24. The number of morpholine rings is 1. The van der Waals surface area contributed by atoms with E-state index >= 15 is 0 Å². The molecule has 1 atom stereocenters. The smallest absolute Gasteiger partial charge is 0.225 e. The second kappa shape index (κ2) is 9.51. The van der Waals surface area contributed by atoms with Crippen LogP contribution in [0.15, 0.2) is 54.9 Å². The van der Waals surface area contributed by atoms with Gasteiger partial charge in [0.25, 0.3) is 0 Å². The number of nitrogens with one attached hydrogen (secondary N) is 2. The van der Waals surface area contributed by atoms with Crippen LogP contribution in [0.2, 0.25) is 0 Å². The van der Waals surface area contributed by atoms with Gasteiger partial charge in [0.1, 0.15) is 5.82 Å². The van der Waals surface area contributed by atoms with E-state index < -0.39 is 0 Å². The minimum absolute atomic E-state index is 0.00535. The molecule has 1 aromatic carbocycles. The zero-order valence-corrected chi connectivity index (χ0v) is 17.0. The fourth-order valence-electron chi connectivity index (χ4n) is 3.24. The normalized spacial score (nSPS) is 14.9. The Balaban J connectivity index is 1.57. The number of anilines is 4. The summed E-state index contributed by atoms with van der Waals surface area (Å²) in [6.07, 6.45) is 3.47. The molecular formula is C22H26N6O2. The van der Waals surface area contributed by atoms with E-state index in [1.54, 1.807) is 12.4 Å². The number of hydrogen-bond acceptors (Lipinski definition) is 8. The van der Waals surface area contributed by atoms with Crippen molar-refractivity contribution in [2.75, 3.05) is 48.4 Å². The summed E-state index contributed by atoms with van der Waals surface area (Å²) in [6.45, 7) is 5.22. The first kappa shape index (κ1) is 20.1. The minimum atomic E-state index is -0.154. The quantitative estimate of drug-likeness (QED) is 0.551. The lowest BCUT2D eigenvalue weighted by Gasteiger charge is -2.28. The van der Waals surface area contributed by atoms with Crippen LogP contribution in [-0.4, -0.2) is 59.0 Å². The molecule has 0 aliphatic carbocycles. The van der Waals surface area contributed by atoms with Gasteiger partial charge < -0.3 is 25.4 Å². The lowest BCUT2D eigenvalue weighted by atomic mass is 10.2. The summed E-state index contributed by atoms with van der Waals surface area (Å²) in [7, 11) is 0. The lowest BCUT2D eigenvalue weighted by molar-refractivity contribution is 0.122. The highest BCUT2D eigenvalue weighted by molar-refractivity contribution is 5.68. The second-order valence-corrected chi connectivity index (χ2v) is 7.20. The van der Waals surface area contributed by atoms with E-state index in [0.717, 1.165) is 43.2 Å². The summed E-state index contributed by atoms with van der Waals surface area (Å²) >= 11 is 0. The number of benzene rings is 1. The fraction of sp³-hybridized carbons (Fsp3) is 0.318. The van der Waals surface area contributed by atoms with Crippen LogP contribution in [0, 0.1) is 0 Å². The minimum Gasteiger partial charge on any atom is -0.394 e. The van der Waals surface area contributed by atoms with Gasteiger partial charge in [-0.2, -0.15) is 4.98 Å². The average molecular weight is 406 g/mol. The molecule has 8 nitrogen and oxygen atoms in total. The standard InChI is InChI=1S/C22H26N6O2/c1-16(15-29)24-22-26-20(17-6-8-23-9-7-17)14-21(27-22)25-18-2-4-19(5-3-18)28-10-12-30-13-11-28/h2-9,14,16,29H,10-13,15H2,1H3,(H2,24,25,26,27)/t16-/m0/s1. The third-order valence-corrected chi connectivity index (χ3v) is 4.87. The average Bonchev–Trinajstić information content (AvgIpc) is 2.80. The molecule has 3 heterocycles. The Morgan fingerprint density at radius 2 is 1.80 bits per heavy atom. The molecule has 8 heteroatoms. The lowest BCUT2D eigenvalue weighted by Crippen LogP contribution is -2.36. The molecule has 3 aromatic rings.